The summed E-state index contributed by atoms with van der Waals surface area (Å²) < 4.78 is 12.4. The van der Waals surface area contributed by atoms with Crippen LogP contribution in [0.5, 0.6) is 0 Å². The van der Waals surface area contributed by atoms with Crippen LogP contribution in [0.2, 0.25) is 98.2 Å². The molecule has 0 aromatic heterocycles. The minimum Gasteiger partial charge on any atom is -0.320 e. The van der Waals surface area contributed by atoms with Crippen LogP contribution in [0.15, 0.2) is 4.41 Å². The first-order chi connectivity index (χ1) is 13.4. The highest BCUT2D eigenvalue weighted by atomic mass is 32.1. The number of hydrogen-bond acceptors (Lipinski definition) is 2. The Kier molecular flexibility index (Phi) is 11.8. The van der Waals surface area contributed by atoms with E-state index in [1.165, 1.54) is 24.7 Å². The van der Waals surface area contributed by atoms with Crippen molar-refractivity contribution < 1.29 is 0 Å². The van der Waals surface area contributed by atoms with Gasteiger partial charge in [-0.05, 0) is 11.6 Å². The van der Waals surface area contributed by atoms with E-state index in [1.54, 1.807) is 0 Å². The van der Waals surface area contributed by atoms with Crippen molar-refractivity contribution in [3.05, 3.63) is 0 Å². The van der Waals surface area contributed by atoms with Gasteiger partial charge in [0.25, 0.3) is 0 Å². The molecule has 0 aromatic carbocycles. The van der Waals surface area contributed by atoms with Crippen molar-refractivity contribution in [2.75, 3.05) is 24.7 Å². The van der Waals surface area contributed by atoms with Gasteiger partial charge in [0.15, 0.2) is 8.24 Å². The third-order valence-corrected chi connectivity index (χ3v) is 41.1. The molecule has 0 saturated heterocycles. The van der Waals surface area contributed by atoms with Crippen LogP contribution >= 0.6 is 14.7 Å². The normalized spacial score (nSPS) is 17.8. The summed E-state index contributed by atoms with van der Waals surface area (Å²) in [7, 11) is -7.44. The molecular formula is C21H59N3P2Si5. The molecule has 0 amide bonds. The molecule has 0 aliphatic rings. The fourth-order valence-corrected chi connectivity index (χ4v) is 62.6. The molecule has 0 aliphatic heterocycles. The largest absolute Gasteiger partial charge is 0.320 e. The summed E-state index contributed by atoms with van der Waals surface area (Å²) in [5.41, 5.74) is 0. The van der Waals surface area contributed by atoms with Crippen LogP contribution in [-0.2, 0) is 0 Å². The zero-order valence-corrected chi connectivity index (χ0v) is 31.4. The topological polar surface area (TPSA) is 18.8 Å². The molecule has 10 heteroatoms. The minimum atomic E-state index is -1.63. The maximum atomic E-state index is 6.16. The second-order valence-corrected chi connectivity index (χ2v) is 49.7. The predicted molar refractivity (Wildman–Crippen MR) is 167 cm³/mol. The van der Waals surface area contributed by atoms with E-state index >= 15 is 0 Å². The van der Waals surface area contributed by atoms with Gasteiger partial charge in [0.2, 0.25) is 0 Å². The van der Waals surface area contributed by atoms with E-state index < -0.39 is 47.7 Å². The zero-order valence-electron chi connectivity index (χ0n) is 24.6. The summed E-state index contributed by atoms with van der Waals surface area (Å²) >= 11 is 0. The Hall–Kier alpha value is 1.66. The maximum Gasteiger partial charge on any atom is 0.172 e. The van der Waals surface area contributed by atoms with Gasteiger partial charge in [-0.15, -0.1) is 0 Å². The smallest absolute Gasteiger partial charge is 0.172 e. The van der Waals surface area contributed by atoms with Gasteiger partial charge in [-0.1, -0.05) is 112 Å². The molecule has 0 spiro atoms. The van der Waals surface area contributed by atoms with Crippen LogP contribution in [0.25, 0.3) is 0 Å². The van der Waals surface area contributed by atoms with Crippen molar-refractivity contribution in [1.29, 1.82) is 0 Å². The lowest BCUT2D eigenvalue weighted by Crippen LogP contribution is -2.57. The van der Waals surface area contributed by atoms with Gasteiger partial charge in [-0.2, -0.15) is 0 Å². The second kappa shape index (κ2) is 11.2. The number of rotatable bonds is 12. The van der Waals surface area contributed by atoms with Crippen LogP contribution in [0.3, 0.4) is 0 Å². The highest BCUT2D eigenvalue weighted by molar-refractivity contribution is 8.34. The van der Waals surface area contributed by atoms with E-state index in [4.69, 9.17) is 4.41 Å². The highest BCUT2D eigenvalue weighted by Gasteiger charge is 2.50. The number of nitrogens with zero attached hydrogens (tertiary/aromatic N) is 3. The zero-order chi connectivity index (χ0) is 25.3. The van der Waals surface area contributed by atoms with Crippen molar-refractivity contribution >= 4 is 55.5 Å². The van der Waals surface area contributed by atoms with Crippen LogP contribution in [0.1, 0.15) is 13.8 Å². The molecule has 2 atom stereocenters. The van der Waals surface area contributed by atoms with E-state index in [-0.39, 0.29) is 7.76 Å². The average molecular weight is 556 g/mol. The van der Waals surface area contributed by atoms with Crippen molar-refractivity contribution in [3.8, 4) is 0 Å². The molecule has 0 heterocycles. The van der Waals surface area contributed by atoms with Crippen molar-refractivity contribution in [2.45, 2.75) is 112 Å². The Morgan fingerprint density at radius 3 is 1.26 bits per heavy atom. The van der Waals surface area contributed by atoms with Gasteiger partial charge in [0.1, 0.15) is 16.5 Å². The van der Waals surface area contributed by atoms with Gasteiger partial charge < -0.3 is 8.41 Å². The van der Waals surface area contributed by atoms with E-state index in [2.05, 4.69) is 121 Å². The maximum absolute atomic E-state index is 6.16. The fraction of sp³-hybridized carbons (Fsp3) is 1.00. The molecule has 0 aromatic rings. The second-order valence-electron chi connectivity index (χ2n) is 14.6. The van der Waals surface area contributed by atoms with E-state index in [9.17, 15) is 0 Å². The Morgan fingerprint density at radius 1 is 0.645 bits per heavy atom. The Labute approximate surface area is 204 Å². The lowest BCUT2D eigenvalue weighted by molar-refractivity contribution is 0.508. The summed E-state index contributed by atoms with van der Waals surface area (Å²) in [6, 6.07) is 0. The molecule has 31 heavy (non-hydrogen) atoms. The van der Waals surface area contributed by atoms with Crippen molar-refractivity contribution in [1.82, 2.24) is 8.67 Å². The summed E-state index contributed by atoms with van der Waals surface area (Å²) in [5, 5.41) is 0. The number of hydrogen-bond donors (Lipinski definition) is 0. The lowest BCUT2D eigenvalue weighted by Gasteiger charge is -2.57. The van der Waals surface area contributed by atoms with Gasteiger partial charge in [-0.25, -0.2) is 0 Å². The average Bonchev–Trinajstić information content (AvgIpc) is 2.39. The monoisotopic (exact) mass is 555 g/mol. The first-order valence-corrected chi connectivity index (χ1v) is 34.2. The molecular weight excluding hydrogens is 497 g/mol. The predicted octanol–water partition coefficient (Wildman–Crippen LogP) is 9.32. The van der Waals surface area contributed by atoms with Crippen molar-refractivity contribution in [3.63, 3.8) is 0 Å². The minimum absolute atomic E-state index is 0.257. The van der Waals surface area contributed by atoms with Gasteiger partial charge in [-0.3, -0.25) is 4.67 Å². The molecule has 0 bridgehead atoms. The van der Waals surface area contributed by atoms with E-state index in [1.807, 2.05) is 0 Å². The van der Waals surface area contributed by atoms with Gasteiger partial charge in [0.05, 0.1) is 23.0 Å². The standard InChI is InChI=1S/C21H59N3P2Si5/c1-18-23(19-2)26(21-28(6,7)8,22-29(9,10)11)25(20-27(3,4)5)24(30(12,13)14)31(15,16)17/h18-21H2,1-17H3. The molecule has 0 saturated carbocycles. The van der Waals surface area contributed by atoms with Crippen molar-refractivity contribution in [2.24, 2.45) is 4.41 Å². The molecule has 2 unspecified atom stereocenters. The Bertz CT molecular complexity index is 605. The third-order valence-electron chi connectivity index (χ3n) is 4.82. The quantitative estimate of drug-likeness (QED) is 0.176. The summed E-state index contributed by atoms with van der Waals surface area (Å²) in [6.07, 6.45) is 0. The van der Waals surface area contributed by atoms with Crippen LogP contribution in [-0.4, -0.2) is 74.2 Å². The molecule has 0 aliphatic carbocycles. The molecule has 188 valence electrons. The van der Waals surface area contributed by atoms with Crippen LogP contribution < -0.4 is 0 Å². The first kappa shape index (κ1) is 32.7. The van der Waals surface area contributed by atoms with Gasteiger partial charge in [0, 0.05) is 20.9 Å². The van der Waals surface area contributed by atoms with Gasteiger partial charge >= 0.3 is 0 Å². The molecule has 0 rings (SSSR count). The summed E-state index contributed by atoms with van der Waals surface area (Å²) in [6.45, 7) is 44.5. The van der Waals surface area contributed by atoms with E-state index in [0.717, 1.165) is 0 Å². The SMILES string of the molecule is CCN(CC)P(C[Si](C)(C)C)(=N[Si](C)(C)C)P(C[Si](C)(C)C)N([Si](C)(C)C)[Si](C)(C)C. The molecule has 3 nitrogen and oxygen atoms in total. The third kappa shape index (κ3) is 10.9. The molecule has 0 fully saturated rings. The Morgan fingerprint density at radius 2 is 1.03 bits per heavy atom. The summed E-state index contributed by atoms with van der Waals surface area (Å²) in [4.78, 5) is 0. The fourth-order valence-electron chi connectivity index (χ4n) is 4.72. The molecule has 0 N–H and O–H groups in total. The van der Waals surface area contributed by atoms with Crippen LogP contribution in [0, 0.1) is 0 Å². The lowest BCUT2D eigenvalue weighted by atomic mass is 10.7. The van der Waals surface area contributed by atoms with Crippen LogP contribution in [0.4, 0.5) is 0 Å². The van der Waals surface area contributed by atoms with E-state index in [0.29, 0.717) is 0 Å². The first-order valence-electron chi connectivity index (χ1n) is 12.4. The summed E-state index contributed by atoms with van der Waals surface area (Å²) in [5.74, 6) is 2.90. The Balaban J connectivity index is 7.63. The molecule has 0 radical (unpaired) electrons. The highest BCUT2D eigenvalue weighted by Crippen LogP contribution is 2.83.